The molecule has 3 rings (SSSR count). The number of ether oxygens (including phenoxy) is 1. The average Bonchev–Trinajstić information content (AvgIpc) is 2.62. The lowest BCUT2D eigenvalue weighted by Gasteiger charge is -2.07. The van der Waals surface area contributed by atoms with Gasteiger partial charge < -0.3 is 10.1 Å². The molecule has 0 spiro atoms. The van der Waals surface area contributed by atoms with Crippen molar-refractivity contribution in [2.75, 3.05) is 12.4 Å². The van der Waals surface area contributed by atoms with E-state index in [-0.39, 0.29) is 11.7 Å². The average molecular weight is 322 g/mol. The van der Waals surface area contributed by atoms with Gasteiger partial charge in [-0.3, -0.25) is 9.78 Å². The molecule has 4 nitrogen and oxygen atoms in total. The van der Waals surface area contributed by atoms with Crippen molar-refractivity contribution in [3.8, 4) is 17.0 Å². The van der Waals surface area contributed by atoms with Crippen molar-refractivity contribution in [3.05, 3.63) is 78.2 Å². The highest BCUT2D eigenvalue weighted by Gasteiger charge is 2.08. The molecule has 1 heterocycles. The van der Waals surface area contributed by atoms with Gasteiger partial charge >= 0.3 is 0 Å². The molecule has 2 aromatic carbocycles. The number of nitrogens with zero attached hydrogens (tertiary/aromatic N) is 1. The van der Waals surface area contributed by atoms with Crippen molar-refractivity contribution in [1.29, 1.82) is 0 Å². The highest BCUT2D eigenvalue weighted by molar-refractivity contribution is 6.04. The number of rotatable bonds is 4. The third-order valence-electron chi connectivity index (χ3n) is 3.49. The van der Waals surface area contributed by atoms with E-state index in [4.69, 9.17) is 4.74 Å². The number of hydrogen-bond acceptors (Lipinski definition) is 3. The Morgan fingerprint density at radius 3 is 2.54 bits per heavy atom. The maximum atomic E-state index is 13.0. The van der Waals surface area contributed by atoms with Crippen LogP contribution in [0.15, 0.2) is 66.9 Å². The van der Waals surface area contributed by atoms with Gasteiger partial charge in [-0.25, -0.2) is 4.39 Å². The fourth-order valence-corrected chi connectivity index (χ4v) is 2.22. The number of halogens is 1. The predicted molar refractivity (Wildman–Crippen MR) is 90.6 cm³/mol. The third kappa shape index (κ3) is 3.57. The van der Waals surface area contributed by atoms with Crippen LogP contribution in [0.4, 0.5) is 10.1 Å². The smallest absolute Gasteiger partial charge is 0.257 e. The van der Waals surface area contributed by atoms with Gasteiger partial charge in [-0.05, 0) is 48.5 Å². The largest absolute Gasteiger partial charge is 0.497 e. The molecule has 0 saturated carbocycles. The van der Waals surface area contributed by atoms with Gasteiger partial charge in [0.2, 0.25) is 0 Å². The summed E-state index contributed by atoms with van der Waals surface area (Å²) >= 11 is 0. The maximum absolute atomic E-state index is 13.0. The van der Waals surface area contributed by atoms with Crippen molar-refractivity contribution < 1.29 is 13.9 Å². The molecule has 0 saturated heterocycles. The maximum Gasteiger partial charge on any atom is 0.257 e. The Morgan fingerprint density at radius 2 is 1.88 bits per heavy atom. The van der Waals surface area contributed by atoms with E-state index in [1.54, 1.807) is 55.6 Å². The van der Waals surface area contributed by atoms with Crippen molar-refractivity contribution >= 4 is 11.6 Å². The van der Waals surface area contributed by atoms with Crippen molar-refractivity contribution in [3.63, 3.8) is 0 Å². The van der Waals surface area contributed by atoms with Crippen LogP contribution in [0.25, 0.3) is 11.3 Å². The summed E-state index contributed by atoms with van der Waals surface area (Å²) in [4.78, 5) is 16.5. The second-order valence-corrected chi connectivity index (χ2v) is 5.13. The first kappa shape index (κ1) is 15.7. The molecule has 120 valence electrons. The molecule has 0 aliphatic heterocycles. The van der Waals surface area contributed by atoms with E-state index >= 15 is 0 Å². The van der Waals surface area contributed by atoms with Crippen LogP contribution in [-0.2, 0) is 0 Å². The van der Waals surface area contributed by atoms with Crippen molar-refractivity contribution in [1.82, 2.24) is 4.98 Å². The van der Waals surface area contributed by atoms with Gasteiger partial charge in [-0.15, -0.1) is 0 Å². The van der Waals surface area contributed by atoms with Crippen LogP contribution in [0.5, 0.6) is 5.75 Å². The summed E-state index contributed by atoms with van der Waals surface area (Å²) in [5, 5.41) is 2.79. The molecule has 0 atom stereocenters. The lowest BCUT2D eigenvalue weighted by molar-refractivity contribution is 0.102. The Labute approximate surface area is 138 Å². The van der Waals surface area contributed by atoms with Crippen LogP contribution in [0, 0.1) is 5.82 Å². The highest BCUT2D eigenvalue weighted by atomic mass is 19.1. The van der Waals surface area contributed by atoms with Gasteiger partial charge in [-0.2, -0.15) is 0 Å². The van der Waals surface area contributed by atoms with Gasteiger partial charge in [0.15, 0.2) is 0 Å². The van der Waals surface area contributed by atoms with Gasteiger partial charge in [0.1, 0.15) is 11.6 Å². The standard InChI is InChI=1S/C19H15FN2O2/c1-24-17-4-2-3-16(11-17)22-19(23)14-7-10-18(21-12-14)13-5-8-15(20)9-6-13/h2-12H,1H3,(H,22,23). The molecule has 0 aliphatic carbocycles. The number of carbonyl (C=O) groups excluding carboxylic acids is 1. The predicted octanol–water partition coefficient (Wildman–Crippen LogP) is 4.15. The van der Waals surface area contributed by atoms with E-state index < -0.39 is 0 Å². The normalized spacial score (nSPS) is 10.2. The van der Waals surface area contributed by atoms with Crippen LogP contribution in [0.3, 0.4) is 0 Å². The minimum absolute atomic E-state index is 0.263. The molecule has 1 N–H and O–H groups in total. The van der Waals surface area contributed by atoms with E-state index in [2.05, 4.69) is 10.3 Å². The zero-order valence-corrected chi connectivity index (χ0v) is 13.0. The Hall–Kier alpha value is -3.21. The topological polar surface area (TPSA) is 51.2 Å². The molecule has 1 aromatic heterocycles. The van der Waals surface area contributed by atoms with Gasteiger partial charge in [0.25, 0.3) is 5.91 Å². The summed E-state index contributed by atoms with van der Waals surface area (Å²) in [6, 6.07) is 16.6. The number of hydrogen-bond donors (Lipinski definition) is 1. The fourth-order valence-electron chi connectivity index (χ4n) is 2.22. The minimum atomic E-state index is -0.298. The zero-order chi connectivity index (χ0) is 16.9. The third-order valence-corrected chi connectivity index (χ3v) is 3.49. The molecule has 0 radical (unpaired) electrons. The number of aromatic nitrogens is 1. The number of anilines is 1. The molecular weight excluding hydrogens is 307 g/mol. The van der Waals surface area contributed by atoms with Crippen LogP contribution in [0.1, 0.15) is 10.4 Å². The molecule has 1 amide bonds. The first-order valence-corrected chi connectivity index (χ1v) is 7.33. The number of carbonyl (C=O) groups is 1. The lowest BCUT2D eigenvalue weighted by atomic mass is 10.1. The summed E-state index contributed by atoms with van der Waals surface area (Å²) in [6.45, 7) is 0. The van der Waals surface area contributed by atoms with Crippen molar-refractivity contribution in [2.24, 2.45) is 0 Å². The first-order chi connectivity index (χ1) is 11.7. The molecule has 5 heteroatoms. The number of nitrogens with one attached hydrogen (secondary N) is 1. The second kappa shape index (κ2) is 6.91. The Bertz CT molecular complexity index is 846. The first-order valence-electron chi connectivity index (χ1n) is 7.33. The summed E-state index contributed by atoms with van der Waals surface area (Å²) in [6.07, 6.45) is 1.49. The molecule has 0 fully saturated rings. The highest BCUT2D eigenvalue weighted by Crippen LogP contribution is 2.19. The van der Waals surface area contributed by atoms with E-state index in [0.717, 1.165) is 5.56 Å². The summed E-state index contributed by atoms with van der Waals surface area (Å²) in [7, 11) is 1.57. The Morgan fingerprint density at radius 1 is 1.08 bits per heavy atom. The van der Waals surface area contributed by atoms with Gasteiger partial charge in [-0.1, -0.05) is 6.07 Å². The number of benzene rings is 2. The fraction of sp³-hybridized carbons (Fsp3) is 0.0526. The van der Waals surface area contributed by atoms with Gasteiger partial charge in [0, 0.05) is 23.5 Å². The second-order valence-electron chi connectivity index (χ2n) is 5.13. The van der Waals surface area contributed by atoms with Crippen LogP contribution >= 0.6 is 0 Å². The Balaban J connectivity index is 1.75. The van der Waals surface area contributed by atoms with E-state index in [1.165, 1.54) is 18.3 Å². The van der Waals surface area contributed by atoms with E-state index in [1.807, 2.05) is 0 Å². The quantitative estimate of drug-likeness (QED) is 0.785. The van der Waals surface area contributed by atoms with Crippen molar-refractivity contribution in [2.45, 2.75) is 0 Å². The molecular formula is C19H15FN2O2. The molecule has 0 bridgehead atoms. The SMILES string of the molecule is COc1cccc(NC(=O)c2ccc(-c3ccc(F)cc3)nc2)c1. The summed E-state index contributed by atoms with van der Waals surface area (Å²) < 4.78 is 18.1. The summed E-state index contributed by atoms with van der Waals surface area (Å²) in [5.41, 5.74) is 2.54. The molecule has 0 unspecified atom stereocenters. The van der Waals surface area contributed by atoms with Crippen LogP contribution < -0.4 is 10.1 Å². The van der Waals surface area contributed by atoms with E-state index in [9.17, 15) is 9.18 Å². The lowest BCUT2D eigenvalue weighted by Crippen LogP contribution is -2.12. The number of amides is 1. The van der Waals surface area contributed by atoms with Gasteiger partial charge in [0.05, 0.1) is 18.4 Å². The minimum Gasteiger partial charge on any atom is -0.497 e. The summed E-state index contributed by atoms with van der Waals surface area (Å²) in [5.74, 6) is 0.104. The monoisotopic (exact) mass is 322 g/mol. The van der Waals surface area contributed by atoms with E-state index in [0.29, 0.717) is 22.7 Å². The Kier molecular flexibility index (Phi) is 4.52. The number of methoxy groups -OCH3 is 1. The zero-order valence-electron chi connectivity index (χ0n) is 13.0. The molecule has 0 aliphatic rings. The van der Waals surface area contributed by atoms with Crippen LogP contribution in [0.2, 0.25) is 0 Å². The number of pyridine rings is 1. The van der Waals surface area contributed by atoms with Crippen LogP contribution in [-0.4, -0.2) is 18.0 Å². The molecule has 3 aromatic rings. The molecule has 24 heavy (non-hydrogen) atoms.